The van der Waals surface area contributed by atoms with Crippen molar-refractivity contribution in [2.45, 2.75) is 25.4 Å². The van der Waals surface area contributed by atoms with Crippen LogP contribution < -0.4 is 0 Å². The molecule has 0 spiro atoms. The number of carboxylic acid groups (broad SMARTS) is 1. The topological polar surface area (TPSA) is 104 Å². The fourth-order valence-corrected chi connectivity index (χ4v) is 3.17. The van der Waals surface area contributed by atoms with Crippen LogP contribution in [0.4, 0.5) is 0 Å². The predicted molar refractivity (Wildman–Crippen MR) is 90.0 cm³/mol. The Labute approximate surface area is 150 Å². The van der Waals surface area contributed by atoms with Gasteiger partial charge in [-0.05, 0) is 31.0 Å². The minimum absolute atomic E-state index is 0.0588. The van der Waals surface area contributed by atoms with Gasteiger partial charge in [0, 0.05) is 25.8 Å². The Morgan fingerprint density at radius 3 is 2.65 bits per heavy atom. The first-order valence-electron chi connectivity index (χ1n) is 8.47. The summed E-state index contributed by atoms with van der Waals surface area (Å²) in [6.45, 7) is 0.909. The smallest absolute Gasteiger partial charge is 0.305 e. The quantitative estimate of drug-likeness (QED) is 0.759. The summed E-state index contributed by atoms with van der Waals surface area (Å²) >= 11 is 0. The molecule has 1 aromatic carbocycles. The molecule has 2 aliphatic rings. The molecule has 1 aromatic rings. The molecule has 0 aliphatic carbocycles. The lowest BCUT2D eigenvalue weighted by atomic mass is 10.0. The van der Waals surface area contributed by atoms with Gasteiger partial charge < -0.3 is 14.7 Å². The fourth-order valence-electron chi connectivity index (χ4n) is 3.17. The van der Waals surface area contributed by atoms with Crippen LogP contribution in [0.25, 0.3) is 0 Å². The third kappa shape index (κ3) is 3.45. The van der Waals surface area contributed by atoms with E-state index in [9.17, 15) is 19.2 Å². The third-order valence-corrected chi connectivity index (χ3v) is 4.64. The van der Waals surface area contributed by atoms with Crippen LogP contribution in [-0.2, 0) is 9.53 Å². The molecular weight excluding hydrogens is 340 g/mol. The minimum Gasteiger partial charge on any atom is -0.481 e. The zero-order valence-electron chi connectivity index (χ0n) is 14.4. The van der Waals surface area contributed by atoms with Gasteiger partial charge in [0.05, 0.1) is 30.2 Å². The van der Waals surface area contributed by atoms with Crippen molar-refractivity contribution in [3.8, 4) is 0 Å². The van der Waals surface area contributed by atoms with E-state index < -0.39 is 17.8 Å². The summed E-state index contributed by atoms with van der Waals surface area (Å²) < 4.78 is 5.50. The summed E-state index contributed by atoms with van der Waals surface area (Å²) in [6.07, 6.45) is 1.42. The second-order valence-corrected chi connectivity index (χ2v) is 6.49. The van der Waals surface area contributed by atoms with Crippen LogP contribution in [0.5, 0.6) is 0 Å². The van der Waals surface area contributed by atoms with Gasteiger partial charge in [-0.1, -0.05) is 0 Å². The number of carbonyl (C=O) groups excluding carboxylic acids is 3. The Balaban J connectivity index is 1.76. The zero-order valence-corrected chi connectivity index (χ0v) is 14.4. The van der Waals surface area contributed by atoms with E-state index in [0.717, 1.165) is 12.8 Å². The summed E-state index contributed by atoms with van der Waals surface area (Å²) in [6, 6.07) is 4.37. The summed E-state index contributed by atoms with van der Waals surface area (Å²) in [4.78, 5) is 50.6. The number of carboxylic acids is 1. The number of carbonyl (C=O) groups is 4. The maximum atomic E-state index is 12.6. The molecule has 0 bridgehead atoms. The molecular formula is C18H20N2O6. The van der Waals surface area contributed by atoms with Crippen molar-refractivity contribution < 1.29 is 29.0 Å². The van der Waals surface area contributed by atoms with Crippen LogP contribution in [0.2, 0.25) is 0 Å². The molecule has 26 heavy (non-hydrogen) atoms. The number of rotatable bonds is 6. The molecule has 1 saturated heterocycles. The number of fused-ring (bicyclic) bond motifs is 1. The highest BCUT2D eigenvalue weighted by atomic mass is 16.5. The Kier molecular flexibility index (Phi) is 5.03. The zero-order chi connectivity index (χ0) is 18.8. The van der Waals surface area contributed by atoms with Crippen molar-refractivity contribution in [3.05, 3.63) is 34.9 Å². The number of hydrogen-bond donors (Lipinski definition) is 1. The second kappa shape index (κ2) is 7.25. The van der Waals surface area contributed by atoms with Gasteiger partial charge in [-0.15, -0.1) is 0 Å². The number of hydrogen-bond acceptors (Lipinski definition) is 5. The fraction of sp³-hybridized carbons (Fsp3) is 0.444. The highest BCUT2D eigenvalue weighted by molar-refractivity contribution is 6.22. The molecule has 0 radical (unpaired) electrons. The van der Waals surface area contributed by atoms with Crippen molar-refractivity contribution >= 4 is 23.7 Å². The Hall–Kier alpha value is -2.74. The predicted octanol–water partition coefficient (Wildman–Crippen LogP) is 1.01. The van der Waals surface area contributed by atoms with Gasteiger partial charge in [0.2, 0.25) is 0 Å². The molecule has 0 aromatic heterocycles. The van der Waals surface area contributed by atoms with Gasteiger partial charge in [-0.25, -0.2) is 0 Å². The molecule has 1 unspecified atom stereocenters. The second-order valence-electron chi connectivity index (χ2n) is 6.49. The molecule has 1 fully saturated rings. The molecule has 8 nitrogen and oxygen atoms in total. The van der Waals surface area contributed by atoms with Crippen LogP contribution in [0.3, 0.4) is 0 Å². The van der Waals surface area contributed by atoms with E-state index in [1.54, 1.807) is 0 Å². The van der Waals surface area contributed by atoms with Crippen molar-refractivity contribution in [1.82, 2.24) is 9.80 Å². The summed E-state index contributed by atoms with van der Waals surface area (Å²) in [5.74, 6) is -2.20. The van der Waals surface area contributed by atoms with Crippen LogP contribution in [0.15, 0.2) is 18.2 Å². The molecule has 3 amide bonds. The molecule has 3 rings (SSSR count). The number of imide groups is 1. The molecule has 1 N–H and O–H groups in total. The van der Waals surface area contributed by atoms with Gasteiger partial charge in [-0.3, -0.25) is 24.1 Å². The van der Waals surface area contributed by atoms with E-state index >= 15 is 0 Å². The van der Waals surface area contributed by atoms with E-state index in [2.05, 4.69) is 0 Å². The molecule has 2 aliphatic heterocycles. The lowest BCUT2D eigenvalue weighted by molar-refractivity contribution is -0.137. The van der Waals surface area contributed by atoms with Crippen molar-refractivity contribution in [2.75, 3.05) is 26.7 Å². The van der Waals surface area contributed by atoms with Gasteiger partial charge in [0.15, 0.2) is 0 Å². The van der Waals surface area contributed by atoms with Gasteiger partial charge >= 0.3 is 5.97 Å². The van der Waals surface area contributed by atoms with E-state index in [-0.39, 0.29) is 48.2 Å². The Morgan fingerprint density at radius 1 is 1.27 bits per heavy atom. The molecule has 0 saturated carbocycles. The lowest BCUT2D eigenvalue weighted by Gasteiger charge is -2.18. The number of nitrogens with zero attached hydrogens (tertiary/aromatic N) is 2. The molecule has 8 heteroatoms. The average molecular weight is 360 g/mol. The molecule has 2 heterocycles. The third-order valence-electron chi connectivity index (χ3n) is 4.64. The van der Waals surface area contributed by atoms with Crippen LogP contribution >= 0.6 is 0 Å². The lowest BCUT2D eigenvalue weighted by Crippen LogP contribution is -2.36. The van der Waals surface area contributed by atoms with Crippen LogP contribution in [-0.4, -0.2) is 71.4 Å². The van der Waals surface area contributed by atoms with Crippen LogP contribution in [0.1, 0.15) is 50.3 Å². The van der Waals surface area contributed by atoms with E-state index in [1.165, 1.54) is 35.0 Å². The largest absolute Gasteiger partial charge is 0.481 e. The first-order valence-corrected chi connectivity index (χ1v) is 8.47. The number of aliphatic carboxylic acids is 1. The Bertz CT molecular complexity index is 769. The molecule has 138 valence electrons. The summed E-state index contributed by atoms with van der Waals surface area (Å²) in [5.41, 5.74) is 0.722. The highest BCUT2D eigenvalue weighted by Crippen LogP contribution is 2.26. The van der Waals surface area contributed by atoms with Gasteiger partial charge in [0.1, 0.15) is 0 Å². The highest BCUT2D eigenvalue weighted by Gasteiger charge is 2.38. The number of amides is 3. The Morgan fingerprint density at radius 2 is 2.00 bits per heavy atom. The van der Waals surface area contributed by atoms with Gasteiger partial charge in [0.25, 0.3) is 17.7 Å². The summed E-state index contributed by atoms with van der Waals surface area (Å²) in [7, 11) is 1.50. The van der Waals surface area contributed by atoms with Crippen molar-refractivity contribution in [3.63, 3.8) is 0 Å². The monoisotopic (exact) mass is 360 g/mol. The SMILES string of the molecule is CN(CCC(=O)O)C(=O)c1ccc2c(c1)C(=O)N(CC1CCCO1)C2=O. The molecule has 1 atom stereocenters. The van der Waals surface area contributed by atoms with Crippen molar-refractivity contribution in [2.24, 2.45) is 0 Å². The van der Waals surface area contributed by atoms with E-state index in [4.69, 9.17) is 9.84 Å². The maximum absolute atomic E-state index is 12.6. The van der Waals surface area contributed by atoms with Gasteiger partial charge in [-0.2, -0.15) is 0 Å². The number of ether oxygens (including phenoxy) is 1. The van der Waals surface area contributed by atoms with Crippen molar-refractivity contribution in [1.29, 1.82) is 0 Å². The average Bonchev–Trinajstić information content (AvgIpc) is 3.22. The first-order chi connectivity index (χ1) is 12.4. The first kappa shape index (κ1) is 18.1. The van der Waals surface area contributed by atoms with Crippen LogP contribution in [0, 0.1) is 0 Å². The van der Waals surface area contributed by atoms with E-state index in [1.807, 2.05) is 0 Å². The summed E-state index contributed by atoms with van der Waals surface area (Å²) in [5, 5.41) is 8.72. The number of benzene rings is 1. The normalized spacial score (nSPS) is 19.0. The minimum atomic E-state index is -0.996. The standard InChI is InChI=1S/C18H20N2O6/c1-19(7-6-15(21)22)16(23)11-4-5-13-14(9-11)18(25)20(17(13)24)10-12-3-2-8-26-12/h4-5,9,12H,2-3,6-8,10H2,1H3,(H,21,22). The van der Waals surface area contributed by atoms with E-state index in [0.29, 0.717) is 6.61 Å². The maximum Gasteiger partial charge on any atom is 0.305 e.